The molecule has 0 spiro atoms. The summed E-state index contributed by atoms with van der Waals surface area (Å²) in [6.07, 6.45) is -0.123. The summed E-state index contributed by atoms with van der Waals surface area (Å²) < 4.78 is 16.6. The Labute approximate surface area is 193 Å². The minimum Gasteiger partial charge on any atom is -0.492 e. The van der Waals surface area contributed by atoms with Crippen LogP contribution in [0.5, 0.6) is 5.75 Å². The van der Waals surface area contributed by atoms with Crippen LogP contribution in [0.15, 0.2) is 65.6 Å². The van der Waals surface area contributed by atoms with Gasteiger partial charge in [0.25, 0.3) is 0 Å². The topological polar surface area (TPSA) is 48.0 Å². The molecule has 0 saturated carbocycles. The zero-order chi connectivity index (χ0) is 22.3. The average molecular weight is 452 g/mol. The normalized spacial score (nSPS) is 14.1. The molecule has 168 valence electrons. The molecule has 1 unspecified atom stereocenters. The van der Waals surface area contributed by atoms with Crippen LogP contribution in [0.4, 0.5) is 5.69 Å². The molecule has 0 amide bonds. The van der Waals surface area contributed by atoms with Gasteiger partial charge in [-0.2, -0.15) is 0 Å². The molecule has 3 aromatic rings. The second-order valence-corrected chi connectivity index (χ2v) is 8.76. The Kier molecular flexibility index (Phi) is 7.55. The monoisotopic (exact) mass is 451 g/mol. The van der Waals surface area contributed by atoms with E-state index in [1.807, 2.05) is 36.9 Å². The number of hydrogen-bond donors (Lipinski definition) is 0. The number of nitrogens with zero attached hydrogens (tertiary/aromatic N) is 1. The molecular formula is C26H29NO4S. The fraction of sp³-hybridized carbons (Fsp3) is 0.346. The van der Waals surface area contributed by atoms with Gasteiger partial charge in [-0.05, 0) is 47.5 Å². The summed E-state index contributed by atoms with van der Waals surface area (Å²) in [4.78, 5) is 15.8. The van der Waals surface area contributed by atoms with Gasteiger partial charge in [-0.25, -0.2) is 4.79 Å². The highest BCUT2D eigenvalue weighted by molar-refractivity contribution is 7.99. The minimum atomic E-state index is -0.600. The van der Waals surface area contributed by atoms with Crippen LogP contribution in [-0.4, -0.2) is 51.2 Å². The van der Waals surface area contributed by atoms with Crippen LogP contribution in [0.1, 0.15) is 12.5 Å². The predicted octanol–water partition coefficient (Wildman–Crippen LogP) is 4.95. The third-order valence-corrected chi connectivity index (χ3v) is 6.68. The van der Waals surface area contributed by atoms with Crippen molar-refractivity contribution in [2.45, 2.75) is 24.3 Å². The Balaban J connectivity index is 1.43. The number of para-hydroxylation sites is 1. The Morgan fingerprint density at radius 1 is 1.12 bits per heavy atom. The zero-order valence-electron chi connectivity index (χ0n) is 18.6. The average Bonchev–Trinajstić information content (AvgIpc) is 2.83. The number of benzene rings is 3. The van der Waals surface area contributed by atoms with Crippen molar-refractivity contribution in [3.8, 4) is 5.75 Å². The van der Waals surface area contributed by atoms with Gasteiger partial charge in [0.1, 0.15) is 12.4 Å². The Bertz CT molecular complexity index is 1070. The minimum absolute atomic E-state index is 0.346. The van der Waals surface area contributed by atoms with Crippen molar-refractivity contribution < 1.29 is 19.0 Å². The molecule has 4 rings (SSSR count). The number of rotatable bonds is 9. The number of anilines is 1. The lowest BCUT2D eigenvalue weighted by Gasteiger charge is -2.30. The zero-order valence-corrected chi connectivity index (χ0v) is 19.4. The first-order valence-electron chi connectivity index (χ1n) is 11.0. The molecule has 1 atom stereocenters. The van der Waals surface area contributed by atoms with Crippen LogP contribution in [-0.2, 0) is 20.7 Å². The van der Waals surface area contributed by atoms with Gasteiger partial charge in [0, 0.05) is 30.2 Å². The van der Waals surface area contributed by atoms with Crippen LogP contribution < -0.4 is 9.64 Å². The Morgan fingerprint density at radius 3 is 2.84 bits per heavy atom. The van der Waals surface area contributed by atoms with Gasteiger partial charge in [-0.3, -0.25) is 0 Å². The highest BCUT2D eigenvalue weighted by atomic mass is 32.2. The molecule has 0 fully saturated rings. The van der Waals surface area contributed by atoms with Crippen LogP contribution in [0.3, 0.4) is 0 Å². The van der Waals surface area contributed by atoms with Crippen LogP contribution in [0.25, 0.3) is 10.8 Å². The van der Waals surface area contributed by atoms with Crippen molar-refractivity contribution in [3.63, 3.8) is 0 Å². The number of hydrogen-bond acceptors (Lipinski definition) is 6. The molecule has 0 radical (unpaired) electrons. The van der Waals surface area contributed by atoms with Crippen LogP contribution in [0.2, 0.25) is 0 Å². The maximum atomic E-state index is 12.0. The molecule has 3 aromatic carbocycles. The quantitative estimate of drug-likeness (QED) is 0.429. The highest BCUT2D eigenvalue weighted by Gasteiger charge is 2.21. The van der Waals surface area contributed by atoms with Gasteiger partial charge in [0.15, 0.2) is 6.10 Å². The van der Waals surface area contributed by atoms with Gasteiger partial charge in [-0.15, -0.1) is 11.8 Å². The molecular weight excluding hydrogens is 422 g/mol. The van der Waals surface area contributed by atoms with Crippen molar-refractivity contribution >= 4 is 34.2 Å². The molecule has 5 nitrogen and oxygen atoms in total. The Morgan fingerprint density at radius 2 is 2.00 bits per heavy atom. The number of methoxy groups -OCH3 is 1. The molecule has 32 heavy (non-hydrogen) atoms. The third-order valence-electron chi connectivity index (χ3n) is 5.63. The SMILES string of the molecule is CCOC(Cc1cccc2cc(OCCN3CCSc4ccccc43)ccc12)C(=O)OC. The van der Waals surface area contributed by atoms with Crippen molar-refractivity contribution in [2.24, 2.45) is 0 Å². The van der Waals surface area contributed by atoms with E-state index in [-0.39, 0.29) is 5.97 Å². The second-order valence-electron chi connectivity index (χ2n) is 7.62. The standard InChI is InChI=1S/C26H29NO4S/c1-3-30-24(26(28)29-2)18-20-8-6-7-19-17-21(11-12-22(19)20)31-15-13-27-14-16-32-25-10-5-4-9-23(25)27/h4-12,17,24H,3,13-16,18H2,1-2H3. The van der Waals surface area contributed by atoms with Gasteiger partial charge >= 0.3 is 5.97 Å². The molecule has 0 N–H and O–H groups in total. The molecule has 6 heteroatoms. The molecule has 1 aliphatic rings. The highest BCUT2D eigenvalue weighted by Crippen LogP contribution is 2.34. The summed E-state index contributed by atoms with van der Waals surface area (Å²) in [5.41, 5.74) is 2.35. The van der Waals surface area contributed by atoms with Crippen molar-refractivity contribution in [2.75, 3.05) is 44.1 Å². The van der Waals surface area contributed by atoms with Gasteiger partial charge in [0.05, 0.1) is 19.3 Å². The van der Waals surface area contributed by atoms with E-state index in [1.54, 1.807) is 0 Å². The predicted molar refractivity (Wildman–Crippen MR) is 130 cm³/mol. The molecule has 0 bridgehead atoms. The lowest BCUT2D eigenvalue weighted by Crippen LogP contribution is -2.33. The van der Waals surface area contributed by atoms with E-state index in [1.165, 1.54) is 17.7 Å². The maximum absolute atomic E-state index is 12.0. The summed E-state index contributed by atoms with van der Waals surface area (Å²) >= 11 is 1.91. The Hall–Kier alpha value is -2.70. The van der Waals surface area contributed by atoms with E-state index < -0.39 is 6.10 Å². The van der Waals surface area contributed by atoms with Gasteiger partial charge < -0.3 is 19.1 Å². The molecule has 1 aliphatic heterocycles. The molecule has 0 aromatic heterocycles. The fourth-order valence-corrected chi connectivity index (χ4v) is 5.12. The molecule has 1 heterocycles. The second kappa shape index (κ2) is 10.7. The number of carbonyl (C=O) groups excluding carboxylic acids is 1. The lowest BCUT2D eigenvalue weighted by molar-refractivity contribution is -0.153. The number of ether oxygens (including phenoxy) is 3. The van der Waals surface area contributed by atoms with E-state index in [2.05, 4.69) is 47.4 Å². The third kappa shape index (κ3) is 5.19. The van der Waals surface area contributed by atoms with E-state index in [0.29, 0.717) is 19.6 Å². The van der Waals surface area contributed by atoms with Gasteiger partial charge in [0.2, 0.25) is 0 Å². The maximum Gasteiger partial charge on any atom is 0.335 e. The van der Waals surface area contributed by atoms with E-state index in [4.69, 9.17) is 14.2 Å². The first-order valence-corrected chi connectivity index (χ1v) is 12.0. The van der Waals surface area contributed by atoms with Crippen molar-refractivity contribution in [1.82, 2.24) is 0 Å². The van der Waals surface area contributed by atoms with Gasteiger partial charge in [-0.1, -0.05) is 36.4 Å². The van der Waals surface area contributed by atoms with E-state index in [9.17, 15) is 4.79 Å². The fourth-order valence-electron chi connectivity index (χ4n) is 4.07. The summed E-state index contributed by atoms with van der Waals surface area (Å²) in [6.45, 7) is 4.85. The largest absolute Gasteiger partial charge is 0.492 e. The number of esters is 1. The number of carbonyl (C=O) groups is 1. The first-order chi connectivity index (χ1) is 15.7. The number of thioether (sulfide) groups is 1. The lowest BCUT2D eigenvalue weighted by atomic mass is 9.99. The van der Waals surface area contributed by atoms with E-state index >= 15 is 0 Å². The molecule has 0 aliphatic carbocycles. The summed E-state index contributed by atoms with van der Waals surface area (Å²) in [5, 5.41) is 2.18. The summed E-state index contributed by atoms with van der Waals surface area (Å²) in [6, 6.07) is 20.8. The smallest absolute Gasteiger partial charge is 0.335 e. The number of fused-ring (bicyclic) bond motifs is 2. The summed E-state index contributed by atoms with van der Waals surface area (Å²) in [5.74, 6) is 1.61. The van der Waals surface area contributed by atoms with Crippen LogP contribution in [0, 0.1) is 0 Å². The van der Waals surface area contributed by atoms with E-state index in [0.717, 1.165) is 40.9 Å². The van der Waals surface area contributed by atoms with Crippen LogP contribution >= 0.6 is 11.8 Å². The summed E-state index contributed by atoms with van der Waals surface area (Å²) in [7, 11) is 1.39. The van der Waals surface area contributed by atoms with Crippen molar-refractivity contribution in [1.29, 1.82) is 0 Å². The van der Waals surface area contributed by atoms with Crippen molar-refractivity contribution in [3.05, 3.63) is 66.2 Å². The molecule has 0 saturated heterocycles. The first kappa shape index (κ1) is 22.5.